The Morgan fingerprint density at radius 1 is 0.867 bits per heavy atom. The van der Waals surface area contributed by atoms with Gasteiger partial charge in [-0.05, 0) is 90.7 Å². The van der Waals surface area contributed by atoms with Crippen molar-refractivity contribution in [1.82, 2.24) is 21.0 Å². The number of hydroxylamine groups is 2. The van der Waals surface area contributed by atoms with Crippen molar-refractivity contribution in [2.24, 2.45) is 29.1 Å². The number of carbonyl (C=O) groups is 3. The van der Waals surface area contributed by atoms with Gasteiger partial charge in [-0.3, -0.25) is 19.2 Å². The van der Waals surface area contributed by atoms with Crippen LogP contribution in [0.1, 0.15) is 77.9 Å². The molecule has 4 fully saturated rings. The van der Waals surface area contributed by atoms with Crippen LogP contribution >= 0.6 is 0 Å². The number of benzene rings is 4. The molecule has 1 heterocycles. The standard InChI is InChI=1S/C49H60N4O7/c1-30-40-26-38(49(40,3)4)27-41(30)52-48(58)44-43(31(2)55)42(29-54)60-53(44)28-34-17-12-18-39(45(34)59-5)35-23-36(46(56)50-21-19-32-13-8-6-9-14-32)25-37(24-35)47(57)51-22-20-33-15-10-7-11-16-33/h6-18,23-25,30-31,38,40-44,54-55H,19-22,26-29H2,1-5H3,(H,50,56)(H,51,57)(H,52,58)/t30-,31-,38+,40-,41-,42-,43-,44?/m0/s1. The highest BCUT2D eigenvalue weighted by molar-refractivity contribution is 6.01. The number of nitrogens with zero attached hydrogens (tertiary/aromatic N) is 1. The third-order valence-electron chi connectivity index (χ3n) is 13.5. The fourth-order valence-corrected chi connectivity index (χ4v) is 10.0. The molecule has 2 bridgehead atoms. The fourth-order valence-electron chi connectivity index (χ4n) is 10.0. The zero-order valence-electron chi connectivity index (χ0n) is 35.4. The monoisotopic (exact) mass is 816 g/mol. The first-order valence-corrected chi connectivity index (χ1v) is 21.4. The number of amides is 3. The third kappa shape index (κ3) is 9.15. The van der Waals surface area contributed by atoms with Crippen molar-refractivity contribution in [2.75, 3.05) is 26.8 Å². The number of aliphatic hydroxyl groups excluding tert-OH is 2. The maximum absolute atomic E-state index is 14.3. The Balaban J connectivity index is 1.16. The SMILES string of the molecule is COc1c(CN2O[C@@H](CO)[C@H]([C@H](C)O)C2C(=O)N[C@H]2C[C@H]3C[C@@H]([C@@H]2C)C3(C)C)cccc1-c1cc(C(=O)NCCc2ccccc2)cc(C(=O)NCCc2ccccc2)c1. The van der Waals surface area contributed by atoms with E-state index in [-0.39, 0.29) is 42.3 Å². The molecule has 5 N–H and O–H groups in total. The highest BCUT2D eigenvalue weighted by atomic mass is 16.7. The zero-order chi connectivity index (χ0) is 42.6. The number of rotatable bonds is 16. The number of methoxy groups -OCH3 is 1. The van der Waals surface area contributed by atoms with E-state index >= 15 is 0 Å². The van der Waals surface area contributed by atoms with Crippen LogP contribution in [0.4, 0.5) is 0 Å². The molecule has 3 amide bonds. The second-order valence-electron chi connectivity index (χ2n) is 17.5. The van der Waals surface area contributed by atoms with Crippen LogP contribution in [0.2, 0.25) is 0 Å². The predicted octanol–water partition coefficient (Wildman–Crippen LogP) is 5.97. The maximum atomic E-state index is 14.3. The van der Waals surface area contributed by atoms with Crippen LogP contribution in [0.25, 0.3) is 11.1 Å². The molecule has 4 aromatic carbocycles. The lowest BCUT2D eigenvalue weighted by atomic mass is 9.45. The first kappa shape index (κ1) is 43.0. The molecule has 1 saturated heterocycles. The van der Waals surface area contributed by atoms with Crippen LogP contribution in [0.15, 0.2) is 97.1 Å². The molecular weight excluding hydrogens is 757 g/mol. The molecule has 8 atom stereocenters. The van der Waals surface area contributed by atoms with Gasteiger partial charge >= 0.3 is 0 Å². The normalized spacial score (nSPS) is 24.8. The van der Waals surface area contributed by atoms with E-state index in [1.54, 1.807) is 37.3 Å². The Morgan fingerprint density at radius 3 is 1.98 bits per heavy atom. The van der Waals surface area contributed by atoms with Gasteiger partial charge in [0.15, 0.2) is 0 Å². The molecule has 0 radical (unpaired) electrons. The number of nitrogens with one attached hydrogen (secondary N) is 3. The smallest absolute Gasteiger partial charge is 0.251 e. The molecular formula is C49H60N4O7. The quantitative estimate of drug-likeness (QED) is 0.0930. The van der Waals surface area contributed by atoms with Gasteiger partial charge < -0.3 is 30.9 Å². The van der Waals surface area contributed by atoms with Crippen LogP contribution in [0.3, 0.4) is 0 Å². The number of ether oxygens (including phenoxy) is 1. The summed E-state index contributed by atoms with van der Waals surface area (Å²) in [6.07, 6.45) is 1.65. The molecule has 0 aromatic heterocycles. The van der Waals surface area contributed by atoms with Crippen molar-refractivity contribution >= 4 is 17.7 Å². The van der Waals surface area contributed by atoms with Crippen molar-refractivity contribution in [3.8, 4) is 16.9 Å². The molecule has 3 aliphatic carbocycles. The molecule has 8 rings (SSSR count). The first-order chi connectivity index (χ1) is 28.9. The molecule has 1 aliphatic heterocycles. The zero-order valence-corrected chi connectivity index (χ0v) is 35.4. The van der Waals surface area contributed by atoms with Crippen molar-refractivity contribution in [3.05, 3.63) is 125 Å². The van der Waals surface area contributed by atoms with E-state index in [1.807, 2.05) is 78.9 Å². The summed E-state index contributed by atoms with van der Waals surface area (Å²) in [4.78, 5) is 48.1. The first-order valence-electron chi connectivity index (χ1n) is 21.4. The van der Waals surface area contributed by atoms with Gasteiger partial charge in [0.05, 0.1) is 26.4 Å². The lowest BCUT2D eigenvalue weighted by Crippen LogP contribution is -2.62. The molecule has 11 nitrogen and oxygen atoms in total. The Labute approximate surface area is 353 Å². The second-order valence-corrected chi connectivity index (χ2v) is 17.5. The van der Waals surface area contributed by atoms with E-state index in [2.05, 4.69) is 36.7 Å². The van der Waals surface area contributed by atoms with Crippen LogP contribution in [0, 0.1) is 29.1 Å². The lowest BCUT2D eigenvalue weighted by molar-refractivity contribution is -0.183. The lowest BCUT2D eigenvalue weighted by Gasteiger charge is -2.62. The summed E-state index contributed by atoms with van der Waals surface area (Å²) in [5, 5.41) is 32.4. The molecule has 11 heteroatoms. The number of hydrogen-bond acceptors (Lipinski definition) is 8. The Bertz CT molecular complexity index is 2050. The van der Waals surface area contributed by atoms with Gasteiger partial charge in [-0.2, -0.15) is 5.06 Å². The van der Waals surface area contributed by atoms with Crippen LogP contribution in [-0.2, 0) is 29.0 Å². The van der Waals surface area contributed by atoms with E-state index in [9.17, 15) is 24.6 Å². The van der Waals surface area contributed by atoms with Gasteiger partial charge in [-0.25, -0.2) is 0 Å². The number of hydrogen-bond donors (Lipinski definition) is 5. The van der Waals surface area contributed by atoms with Gasteiger partial charge in [0.2, 0.25) is 5.91 Å². The van der Waals surface area contributed by atoms with Crippen molar-refractivity contribution in [2.45, 2.75) is 84.2 Å². The molecule has 1 unspecified atom stereocenters. The summed E-state index contributed by atoms with van der Waals surface area (Å²) < 4.78 is 6.08. The molecule has 318 valence electrons. The third-order valence-corrected chi connectivity index (χ3v) is 13.5. The van der Waals surface area contributed by atoms with Crippen molar-refractivity contribution in [1.29, 1.82) is 0 Å². The number of para-hydroxylation sites is 1. The van der Waals surface area contributed by atoms with Gasteiger partial charge in [0, 0.05) is 47.3 Å². The van der Waals surface area contributed by atoms with Crippen LogP contribution < -0.4 is 20.7 Å². The molecule has 4 aromatic rings. The van der Waals surface area contributed by atoms with E-state index in [0.29, 0.717) is 77.3 Å². The van der Waals surface area contributed by atoms with Crippen molar-refractivity contribution in [3.63, 3.8) is 0 Å². The van der Waals surface area contributed by atoms with E-state index < -0.39 is 24.2 Å². The summed E-state index contributed by atoms with van der Waals surface area (Å²) in [5.74, 6) is 0.303. The fraction of sp³-hybridized carbons (Fsp3) is 0.449. The summed E-state index contributed by atoms with van der Waals surface area (Å²) in [6.45, 7) is 9.05. The Kier molecular flexibility index (Phi) is 13.4. The Hall–Kier alpha value is -5.07. The van der Waals surface area contributed by atoms with Gasteiger partial charge in [0.1, 0.15) is 17.9 Å². The van der Waals surface area contributed by atoms with Gasteiger partial charge in [-0.15, -0.1) is 0 Å². The highest BCUT2D eigenvalue weighted by Gasteiger charge is 2.57. The summed E-state index contributed by atoms with van der Waals surface area (Å²) in [6, 6.07) is 29.7. The summed E-state index contributed by atoms with van der Waals surface area (Å²) >= 11 is 0. The average Bonchev–Trinajstić information content (AvgIpc) is 3.63. The maximum Gasteiger partial charge on any atom is 0.251 e. The second kappa shape index (κ2) is 18.7. The average molecular weight is 817 g/mol. The highest BCUT2D eigenvalue weighted by Crippen LogP contribution is 2.61. The minimum Gasteiger partial charge on any atom is -0.496 e. The van der Waals surface area contributed by atoms with Gasteiger partial charge in [-0.1, -0.05) is 99.6 Å². The van der Waals surface area contributed by atoms with E-state index in [1.165, 1.54) is 6.42 Å². The number of fused-ring (bicyclic) bond motifs is 2. The molecule has 60 heavy (non-hydrogen) atoms. The van der Waals surface area contributed by atoms with Crippen LogP contribution in [-0.4, -0.2) is 84.1 Å². The molecule has 0 spiro atoms. The minimum absolute atomic E-state index is 0.00404. The molecule has 4 aliphatic rings. The topological polar surface area (TPSA) is 149 Å². The predicted molar refractivity (Wildman–Crippen MR) is 231 cm³/mol. The van der Waals surface area contributed by atoms with E-state index in [4.69, 9.17) is 9.57 Å². The summed E-state index contributed by atoms with van der Waals surface area (Å²) in [5.41, 5.74) is 5.01. The van der Waals surface area contributed by atoms with E-state index in [0.717, 1.165) is 17.5 Å². The summed E-state index contributed by atoms with van der Waals surface area (Å²) in [7, 11) is 1.56. The minimum atomic E-state index is -0.939. The van der Waals surface area contributed by atoms with Gasteiger partial charge in [0.25, 0.3) is 11.8 Å². The Morgan fingerprint density at radius 2 is 1.47 bits per heavy atom. The van der Waals surface area contributed by atoms with Crippen LogP contribution in [0.5, 0.6) is 5.75 Å². The largest absolute Gasteiger partial charge is 0.496 e. The number of carbonyl (C=O) groups excluding carboxylic acids is 3. The molecule has 3 saturated carbocycles. The van der Waals surface area contributed by atoms with Crippen molar-refractivity contribution < 1.29 is 34.2 Å². The number of aliphatic hydroxyl groups is 2.